The smallest absolute Gasteiger partial charge is 0.348 e. The highest BCUT2D eigenvalue weighted by Gasteiger charge is 2.16. The van der Waals surface area contributed by atoms with Gasteiger partial charge in [-0.1, -0.05) is 37.1 Å². The summed E-state index contributed by atoms with van der Waals surface area (Å²) in [5.74, 6) is 1.79. The topological polar surface area (TPSA) is 90.0 Å². The minimum Gasteiger partial charge on any atom is -0.491 e. The number of hydrogen-bond donors (Lipinski definition) is 1. The fourth-order valence-electron chi connectivity index (χ4n) is 3.50. The second kappa shape index (κ2) is 10.9. The molecule has 4 aromatic rings. The number of rotatable bonds is 9. The van der Waals surface area contributed by atoms with Crippen molar-refractivity contribution in [1.29, 1.82) is 0 Å². The Balaban J connectivity index is 1.63. The Labute approximate surface area is 202 Å². The van der Waals surface area contributed by atoms with Crippen LogP contribution in [0.25, 0.3) is 22.8 Å². The molecular weight excluding hydrogens is 452 g/mol. The monoisotopic (exact) mass is 476 g/mol. The van der Waals surface area contributed by atoms with Crippen LogP contribution in [0.1, 0.15) is 32.4 Å². The summed E-state index contributed by atoms with van der Waals surface area (Å²) in [6.07, 6.45) is 3.86. The predicted molar refractivity (Wildman–Crippen MR) is 132 cm³/mol. The van der Waals surface area contributed by atoms with Crippen molar-refractivity contribution in [1.82, 2.24) is 19.9 Å². The largest absolute Gasteiger partial charge is 0.491 e. The van der Waals surface area contributed by atoms with Crippen LogP contribution in [-0.2, 0) is 6.61 Å². The number of ether oxygens (including phenoxy) is 2. The molecule has 0 amide bonds. The third-order valence-electron chi connectivity index (χ3n) is 5.11. The van der Waals surface area contributed by atoms with Gasteiger partial charge in [0, 0.05) is 11.8 Å². The van der Waals surface area contributed by atoms with E-state index in [1.807, 2.05) is 49.4 Å². The van der Waals surface area contributed by atoms with Gasteiger partial charge in [0.2, 0.25) is 0 Å². The van der Waals surface area contributed by atoms with Crippen LogP contribution in [0.4, 0.5) is 0 Å². The molecular formula is C26H25ClN4O3. The van der Waals surface area contributed by atoms with E-state index in [0.29, 0.717) is 21.9 Å². The zero-order chi connectivity index (χ0) is 23.9. The highest BCUT2D eigenvalue weighted by Crippen LogP contribution is 2.35. The molecule has 4 rings (SSSR count). The Bertz CT molecular complexity index is 1290. The number of H-pyrrole nitrogens is 1. The molecule has 0 aliphatic carbocycles. The minimum atomic E-state index is -0.535. The Morgan fingerprint density at radius 2 is 1.85 bits per heavy atom. The number of nitrogens with zero attached hydrogens (tertiary/aromatic N) is 3. The number of aromatic nitrogens is 4. The van der Waals surface area contributed by atoms with Gasteiger partial charge in [-0.15, -0.1) is 0 Å². The summed E-state index contributed by atoms with van der Waals surface area (Å²) in [7, 11) is 0. The second-order valence-electron chi connectivity index (χ2n) is 7.79. The number of nitrogens with one attached hydrogen (secondary N) is 1. The van der Waals surface area contributed by atoms with Gasteiger partial charge in [-0.25, -0.2) is 9.78 Å². The van der Waals surface area contributed by atoms with Crippen molar-refractivity contribution in [2.24, 2.45) is 0 Å². The van der Waals surface area contributed by atoms with Gasteiger partial charge in [0.05, 0.1) is 22.4 Å². The van der Waals surface area contributed by atoms with Gasteiger partial charge in [-0.05, 0) is 61.9 Å². The van der Waals surface area contributed by atoms with Gasteiger partial charge in [0.25, 0.3) is 0 Å². The van der Waals surface area contributed by atoms with Gasteiger partial charge in [-0.2, -0.15) is 4.98 Å². The van der Waals surface area contributed by atoms with Crippen LogP contribution in [0.5, 0.6) is 11.5 Å². The molecule has 1 N–H and O–H groups in total. The Hall–Kier alpha value is -3.71. The molecule has 0 spiro atoms. The normalized spacial score (nSPS) is 11.7. The lowest BCUT2D eigenvalue weighted by Crippen LogP contribution is -2.15. The molecule has 0 radical (unpaired) electrons. The van der Waals surface area contributed by atoms with E-state index in [1.165, 1.54) is 0 Å². The van der Waals surface area contributed by atoms with Gasteiger partial charge < -0.3 is 9.47 Å². The molecule has 0 saturated heterocycles. The number of aromatic amines is 1. The summed E-state index contributed by atoms with van der Waals surface area (Å²) in [5.41, 5.74) is 1.40. The van der Waals surface area contributed by atoms with Crippen LogP contribution in [-0.4, -0.2) is 26.0 Å². The zero-order valence-electron chi connectivity index (χ0n) is 19.0. The fourth-order valence-corrected chi connectivity index (χ4v) is 3.76. The third-order valence-corrected chi connectivity index (χ3v) is 5.42. The van der Waals surface area contributed by atoms with Crippen molar-refractivity contribution in [2.75, 3.05) is 0 Å². The first-order valence-electron chi connectivity index (χ1n) is 11.1. The standard InChI is InChI=1S/C26H25ClN4O3/c1-3-7-17(2)34-20-13-11-18(12-14-20)24-29-25(31-26(32)30-24)23-21(27)9-6-10-22(23)33-16-19-8-4-5-15-28-19/h4-6,8-15,17H,3,7,16H2,1-2H3,(H,29,30,31,32)/t17-/m0/s1. The average Bonchev–Trinajstić information content (AvgIpc) is 2.83. The Morgan fingerprint density at radius 3 is 2.59 bits per heavy atom. The van der Waals surface area contributed by atoms with Crippen molar-refractivity contribution < 1.29 is 9.47 Å². The van der Waals surface area contributed by atoms with Crippen LogP contribution in [0.15, 0.2) is 71.7 Å². The maximum atomic E-state index is 12.4. The molecule has 1 atom stereocenters. The van der Waals surface area contributed by atoms with Crippen LogP contribution < -0.4 is 15.2 Å². The maximum Gasteiger partial charge on any atom is 0.348 e. The SMILES string of the molecule is CCC[C@H](C)Oc1ccc(-c2nc(-c3c(Cl)cccc3OCc3ccccn3)[nH]c(=O)n2)cc1. The van der Waals surface area contributed by atoms with Crippen molar-refractivity contribution in [3.63, 3.8) is 0 Å². The molecule has 8 heteroatoms. The van der Waals surface area contributed by atoms with Crippen LogP contribution in [0.2, 0.25) is 5.02 Å². The number of benzene rings is 2. The first kappa shape index (κ1) is 23.4. The first-order valence-corrected chi connectivity index (χ1v) is 11.5. The van der Waals surface area contributed by atoms with Crippen molar-refractivity contribution in [2.45, 2.75) is 39.4 Å². The summed E-state index contributed by atoms with van der Waals surface area (Å²) in [5, 5.41) is 0.396. The van der Waals surface area contributed by atoms with Gasteiger partial charge in [-0.3, -0.25) is 9.97 Å². The summed E-state index contributed by atoms with van der Waals surface area (Å²) < 4.78 is 11.9. The van der Waals surface area contributed by atoms with E-state index in [1.54, 1.807) is 24.4 Å². The third kappa shape index (κ3) is 5.80. The molecule has 34 heavy (non-hydrogen) atoms. The van der Waals surface area contributed by atoms with Crippen molar-refractivity contribution in [3.8, 4) is 34.3 Å². The molecule has 174 valence electrons. The fraction of sp³-hybridized carbons (Fsp3) is 0.231. The van der Waals surface area contributed by atoms with E-state index in [4.69, 9.17) is 21.1 Å². The van der Waals surface area contributed by atoms with E-state index in [2.05, 4.69) is 26.9 Å². The molecule has 0 unspecified atom stereocenters. The minimum absolute atomic E-state index is 0.128. The summed E-state index contributed by atoms with van der Waals surface area (Å²) >= 11 is 6.50. The Morgan fingerprint density at radius 1 is 1.03 bits per heavy atom. The molecule has 0 aliphatic rings. The molecule has 2 aromatic heterocycles. The lowest BCUT2D eigenvalue weighted by atomic mass is 10.1. The molecule has 2 aromatic carbocycles. The Kier molecular flexibility index (Phi) is 7.54. The number of pyridine rings is 1. The van der Waals surface area contributed by atoms with Gasteiger partial charge in [0.15, 0.2) is 5.82 Å². The maximum absolute atomic E-state index is 12.4. The van der Waals surface area contributed by atoms with E-state index in [0.717, 1.165) is 24.3 Å². The zero-order valence-corrected chi connectivity index (χ0v) is 19.7. The second-order valence-corrected chi connectivity index (χ2v) is 8.20. The van der Waals surface area contributed by atoms with E-state index >= 15 is 0 Å². The molecule has 0 bridgehead atoms. The predicted octanol–water partition coefficient (Wildman–Crippen LogP) is 5.69. The summed E-state index contributed by atoms with van der Waals surface area (Å²) in [4.78, 5) is 28.0. The molecule has 2 heterocycles. The van der Waals surface area contributed by atoms with E-state index < -0.39 is 5.69 Å². The summed E-state index contributed by atoms with van der Waals surface area (Å²) in [6.45, 7) is 4.41. The van der Waals surface area contributed by atoms with E-state index in [9.17, 15) is 4.79 Å². The van der Waals surface area contributed by atoms with Gasteiger partial charge >= 0.3 is 5.69 Å². The molecule has 7 nitrogen and oxygen atoms in total. The molecule has 0 aliphatic heterocycles. The molecule has 0 saturated carbocycles. The number of halogens is 1. The lowest BCUT2D eigenvalue weighted by Gasteiger charge is -2.14. The summed E-state index contributed by atoms with van der Waals surface area (Å²) in [6, 6.07) is 18.2. The number of hydrogen-bond acceptors (Lipinski definition) is 6. The quantitative estimate of drug-likeness (QED) is 0.333. The van der Waals surface area contributed by atoms with Crippen molar-refractivity contribution >= 4 is 11.6 Å². The average molecular weight is 477 g/mol. The lowest BCUT2D eigenvalue weighted by molar-refractivity contribution is 0.210. The van der Waals surface area contributed by atoms with Crippen molar-refractivity contribution in [3.05, 3.63) is 88.1 Å². The van der Waals surface area contributed by atoms with Crippen LogP contribution >= 0.6 is 11.6 Å². The highest BCUT2D eigenvalue weighted by atomic mass is 35.5. The van der Waals surface area contributed by atoms with Crippen LogP contribution in [0, 0.1) is 0 Å². The van der Waals surface area contributed by atoms with E-state index in [-0.39, 0.29) is 24.4 Å². The molecule has 0 fully saturated rings. The highest BCUT2D eigenvalue weighted by molar-refractivity contribution is 6.33. The van der Waals surface area contributed by atoms with Gasteiger partial charge in [0.1, 0.15) is 23.9 Å². The first-order chi connectivity index (χ1) is 16.5. The van der Waals surface area contributed by atoms with Crippen LogP contribution in [0.3, 0.4) is 0 Å².